The van der Waals surface area contributed by atoms with Crippen molar-refractivity contribution in [3.63, 3.8) is 0 Å². The van der Waals surface area contributed by atoms with Crippen LogP contribution < -0.4 is 15.4 Å². The molecule has 0 bridgehead atoms. The maximum atomic E-state index is 11.9. The van der Waals surface area contributed by atoms with Gasteiger partial charge in [-0.2, -0.15) is 0 Å². The number of amides is 2. The fraction of sp³-hybridized carbons (Fsp3) is 0.158. The van der Waals surface area contributed by atoms with E-state index in [9.17, 15) is 9.59 Å². The summed E-state index contributed by atoms with van der Waals surface area (Å²) in [5, 5.41) is 5.43. The fourth-order valence-corrected chi connectivity index (χ4v) is 2.04. The Bertz CT molecular complexity index is 719. The van der Waals surface area contributed by atoms with E-state index in [1.165, 1.54) is 13.0 Å². The Morgan fingerprint density at radius 2 is 1.54 bits per heavy atom. The molecule has 24 heavy (non-hydrogen) atoms. The van der Waals surface area contributed by atoms with Crippen LogP contribution in [0.5, 0.6) is 5.75 Å². The van der Waals surface area contributed by atoms with Crippen LogP contribution in [0, 0.1) is 0 Å². The molecule has 0 radical (unpaired) electrons. The van der Waals surface area contributed by atoms with Crippen molar-refractivity contribution < 1.29 is 14.3 Å². The van der Waals surface area contributed by atoms with Gasteiger partial charge in [0.2, 0.25) is 11.8 Å². The predicted molar refractivity (Wildman–Crippen MR) is 96.0 cm³/mol. The SMILES string of the molecule is CCOc1ccc(/C=C/C(=O)Nc2ccc(NC(C)=O)cc2)cc1. The van der Waals surface area contributed by atoms with E-state index in [0.29, 0.717) is 18.0 Å². The van der Waals surface area contributed by atoms with Gasteiger partial charge in [-0.3, -0.25) is 9.59 Å². The normalized spacial score (nSPS) is 10.4. The Hall–Kier alpha value is -3.08. The van der Waals surface area contributed by atoms with Crippen molar-refractivity contribution in [1.29, 1.82) is 0 Å². The third-order valence-electron chi connectivity index (χ3n) is 3.09. The van der Waals surface area contributed by atoms with Crippen LogP contribution in [-0.2, 0) is 9.59 Å². The van der Waals surface area contributed by atoms with E-state index >= 15 is 0 Å². The largest absolute Gasteiger partial charge is 0.494 e. The number of benzene rings is 2. The highest BCUT2D eigenvalue weighted by molar-refractivity contribution is 6.02. The van der Waals surface area contributed by atoms with Crippen LogP contribution >= 0.6 is 0 Å². The van der Waals surface area contributed by atoms with Crippen molar-refractivity contribution in [3.8, 4) is 5.75 Å². The molecule has 5 nitrogen and oxygen atoms in total. The van der Waals surface area contributed by atoms with Gasteiger partial charge >= 0.3 is 0 Å². The molecule has 0 aliphatic carbocycles. The molecule has 2 aromatic carbocycles. The van der Waals surface area contributed by atoms with Gasteiger partial charge in [0.1, 0.15) is 5.75 Å². The van der Waals surface area contributed by atoms with E-state index in [2.05, 4.69) is 10.6 Å². The van der Waals surface area contributed by atoms with E-state index < -0.39 is 0 Å². The predicted octanol–water partition coefficient (Wildman–Crippen LogP) is 3.70. The maximum absolute atomic E-state index is 11.9. The Balaban J connectivity index is 1.91. The molecule has 2 N–H and O–H groups in total. The first-order chi connectivity index (χ1) is 11.6. The summed E-state index contributed by atoms with van der Waals surface area (Å²) in [4.78, 5) is 22.9. The second-order valence-electron chi connectivity index (χ2n) is 5.08. The van der Waals surface area contributed by atoms with Gasteiger partial charge in [-0.1, -0.05) is 12.1 Å². The summed E-state index contributed by atoms with van der Waals surface area (Å²) in [5.41, 5.74) is 2.26. The Morgan fingerprint density at radius 1 is 0.958 bits per heavy atom. The lowest BCUT2D eigenvalue weighted by atomic mass is 10.2. The highest BCUT2D eigenvalue weighted by Crippen LogP contribution is 2.15. The number of anilines is 2. The first kappa shape index (κ1) is 17.3. The van der Waals surface area contributed by atoms with Crippen molar-refractivity contribution in [2.75, 3.05) is 17.2 Å². The summed E-state index contributed by atoms with van der Waals surface area (Å²) in [7, 11) is 0. The molecule has 2 aromatic rings. The van der Waals surface area contributed by atoms with Gasteiger partial charge < -0.3 is 15.4 Å². The average Bonchev–Trinajstić information content (AvgIpc) is 2.56. The standard InChI is InChI=1S/C19H20N2O3/c1-3-24-18-11-4-15(5-12-18)6-13-19(23)21-17-9-7-16(8-10-17)20-14(2)22/h4-13H,3H2,1-2H3,(H,20,22)(H,21,23)/b13-6+. The third-order valence-corrected chi connectivity index (χ3v) is 3.09. The van der Waals surface area contributed by atoms with Gasteiger partial charge in [-0.05, 0) is 55.0 Å². The van der Waals surface area contributed by atoms with Gasteiger partial charge in [-0.25, -0.2) is 0 Å². The minimum atomic E-state index is -0.226. The van der Waals surface area contributed by atoms with E-state index in [0.717, 1.165) is 11.3 Å². The molecule has 0 aliphatic heterocycles. The number of nitrogens with one attached hydrogen (secondary N) is 2. The number of carbonyl (C=O) groups is 2. The van der Waals surface area contributed by atoms with Crippen molar-refractivity contribution in [1.82, 2.24) is 0 Å². The Morgan fingerprint density at radius 3 is 2.08 bits per heavy atom. The second-order valence-corrected chi connectivity index (χ2v) is 5.08. The molecule has 0 fully saturated rings. The molecular formula is C19H20N2O3. The summed E-state index contributed by atoms with van der Waals surface area (Å²) in [6.07, 6.45) is 3.20. The first-order valence-electron chi connectivity index (χ1n) is 7.66. The summed E-state index contributed by atoms with van der Waals surface area (Å²) in [6, 6.07) is 14.4. The van der Waals surface area contributed by atoms with Crippen LogP contribution in [0.4, 0.5) is 11.4 Å². The number of ether oxygens (including phenoxy) is 1. The van der Waals surface area contributed by atoms with E-state index in [-0.39, 0.29) is 11.8 Å². The highest BCUT2D eigenvalue weighted by atomic mass is 16.5. The fourth-order valence-electron chi connectivity index (χ4n) is 2.04. The van der Waals surface area contributed by atoms with Crippen LogP contribution in [0.25, 0.3) is 6.08 Å². The van der Waals surface area contributed by atoms with Crippen molar-refractivity contribution in [2.45, 2.75) is 13.8 Å². The second kappa shape index (κ2) is 8.53. The smallest absolute Gasteiger partial charge is 0.248 e. The molecule has 2 rings (SSSR count). The minimum Gasteiger partial charge on any atom is -0.494 e. The van der Waals surface area contributed by atoms with E-state index in [1.807, 2.05) is 31.2 Å². The Labute approximate surface area is 141 Å². The van der Waals surface area contributed by atoms with E-state index in [1.54, 1.807) is 30.3 Å². The summed E-state index contributed by atoms with van der Waals surface area (Å²) >= 11 is 0. The number of hydrogen-bond donors (Lipinski definition) is 2. The molecule has 0 saturated heterocycles. The number of carbonyl (C=O) groups excluding carboxylic acids is 2. The van der Waals surface area contributed by atoms with Crippen LogP contribution in [0.3, 0.4) is 0 Å². The van der Waals surface area contributed by atoms with Gasteiger partial charge in [0, 0.05) is 24.4 Å². The molecular weight excluding hydrogens is 304 g/mol. The number of rotatable bonds is 6. The lowest BCUT2D eigenvalue weighted by Gasteiger charge is -2.05. The summed E-state index contributed by atoms with van der Waals surface area (Å²) in [5.74, 6) is 0.444. The third kappa shape index (κ3) is 5.61. The average molecular weight is 324 g/mol. The Kier molecular flexibility index (Phi) is 6.14. The van der Waals surface area contributed by atoms with Crippen LogP contribution in [-0.4, -0.2) is 18.4 Å². The maximum Gasteiger partial charge on any atom is 0.248 e. The van der Waals surface area contributed by atoms with E-state index in [4.69, 9.17) is 4.74 Å². The summed E-state index contributed by atoms with van der Waals surface area (Å²) < 4.78 is 5.37. The molecule has 0 heterocycles. The van der Waals surface area contributed by atoms with Gasteiger partial charge in [0.25, 0.3) is 0 Å². The molecule has 0 aromatic heterocycles. The molecule has 124 valence electrons. The van der Waals surface area contributed by atoms with Crippen LogP contribution in [0.1, 0.15) is 19.4 Å². The van der Waals surface area contributed by atoms with Crippen LogP contribution in [0.2, 0.25) is 0 Å². The molecule has 0 unspecified atom stereocenters. The lowest BCUT2D eigenvalue weighted by Crippen LogP contribution is -2.08. The van der Waals surface area contributed by atoms with Crippen LogP contribution in [0.15, 0.2) is 54.6 Å². The molecule has 0 spiro atoms. The van der Waals surface area contributed by atoms with Gasteiger partial charge in [0.15, 0.2) is 0 Å². The van der Waals surface area contributed by atoms with Crippen molar-refractivity contribution in [2.24, 2.45) is 0 Å². The topological polar surface area (TPSA) is 67.4 Å². The summed E-state index contributed by atoms with van der Waals surface area (Å²) in [6.45, 7) is 4.00. The minimum absolute atomic E-state index is 0.134. The number of hydrogen-bond acceptors (Lipinski definition) is 3. The van der Waals surface area contributed by atoms with Gasteiger partial charge in [0.05, 0.1) is 6.61 Å². The molecule has 5 heteroatoms. The molecule has 0 atom stereocenters. The zero-order valence-electron chi connectivity index (χ0n) is 13.7. The lowest BCUT2D eigenvalue weighted by molar-refractivity contribution is -0.114. The quantitative estimate of drug-likeness (QED) is 0.796. The monoisotopic (exact) mass is 324 g/mol. The first-order valence-corrected chi connectivity index (χ1v) is 7.66. The van der Waals surface area contributed by atoms with Crippen molar-refractivity contribution in [3.05, 3.63) is 60.2 Å². The zero-order valence-corrected chi connectivity index (χ0v) is 13.7. The molecule has 0 aliphatic rings. The molecule has 2 amide bonds. The zero-order chi connectivity index (χ0) is 17.4. The highest BCUT2D eigenvalue weighted by Gasteiger charge is 2.00. The van der Waals surface area contributed by atoms with Crippen molar-refractivity contribution >= 4 is 29.3 Å². The van der Waals surface area contributed by atoms with Gasteiger partial charge in [-0.15, -0.1) is 0 Å². The molecule has 0 saturated carbocycles.